The largest absolute Gasteiger partial charge is 0.357 e. The molecular formula is C22H27FN2O2. The van der Waals surface area contributed by atoms with Crippen molar-refractivity contribution in [3.05, 3.63) is 71.0 Å². The van der Waals surface area contributed by atoms with Gasteiger partial charge in [-0.15, -0.1) is 0 Å². The van der Waals surface area contributed by atoms with Crippen LogP contribution < -0.4 is 5.32 Å². The highest BCUT2D eigenvalue weighted by Crippen LogP contribution is 2.14. The monoisotopic (exact) mass is 370 g/mol. The molecule has 0 bridgehead atoms. The summed E-state index contributed by atoms with van der Waals surface area (Å²) in [7, 11) is 1.55. The second-order valence-electron chi connectivity index (χ2n) is 6.61. The summed E-state index contributed by atoms with van der Waals surface area (Å²) < 4.78 is 13.1. The Balaban J connectivity index is 2.09. The van der Waals surface area contributed by atoms with Crippen LogP contribution in [0.25, 0.3) is 0 Å². The first kappa shape index (κ1) is 20.6. The molecule has 0 aromatic heterocycles. The maximum absolute atomic E-state index is 13.1. The summed E-state index contributed by atoms with van der Waals surface area (Å²) in [5.74, 6) is -0.653. The van der Waals surface area contributed by atoms with Gasteiger partial charge in [-0.25, -0.2) is 4.39 Å². The number of amides is 2. The third-order valence-electron chi connectivity index (χ3n) is 4.74. The number of halogens is 1. The first-order chi connectivity index (χ1) is 12.9. The molecule has 5 heteroatoms. The Morgan fingerprint density at radius 2 is 1.56 bits per heavy atom. The molecule has 0 spiro atoms. The van der Waals surface area contributed by atoms with Crippen LogP contribution in [0, 0.1) is 5.82 Å². The summed E-state index contributed by atoms with van der Waals surface area (Å²) in [6.07, 6.45) is 1.91. The molecule has 2 amide bonds. The van der Waals surface area contributed by atoms with Crippen molar-refractivity contribution in [3.8, 4) is 0 Å². The minimum atomic E-state index is -0.602. The minimum absolute atomic E-state index is 0.102. The summed E-state index contributed by atoms with van der Waals surface area (Å²) in [4.78, 5) is 26.5. The van der Waals surface area contributed by atoms with Crippen molar-refractivity contribution in [2.45, 2.75) is 45.7 Å². The number of likely N-dealkylation sites (N-methyl/N-ethyl adjacent to an activating group) is 1. The molecule has 144 valence electrons. The molecule has 1 N–H and O–H groups in total. The third kappa shape index (κ3) is 5.91. The Morgan fingerprint density at radius 1 is 1.00 bits per heavy atom. The van der Waals surface area contributed by atoms with E-state index >= 15 is 0 Å². The van der Waals surface area contributed by atoms with Gasteiger partial charge in [0.2, 0.25) is 11.8 Å². The zero-order chi connectivity index (χ0) is 19.8. The highest BCUT2D eigenvalue weighted by Gasteiger charge is 2.25. The quantitative estimate of drug-likeness (QED) is 0.773. The standard InChI is InChI=1S/C22H27FN2O2/c1-4-17-5-7-18(8-6-17)11-14-21(26)25(16(2)22(27)24-3)15-19-9-12-20(23)13-10-19/h5-10,12-13,16H,4,11,14-15H2,1-3H3,(H,24,27)/t16-/m1/s1. The first-order valence-corrected chi connectivity index (χ1v) is 9.28. The smallest absolute Gasteiger partial charge is 0.242 e. The number of rotatable bonds is 8. The molecule has 0 heterocycles. The molecule has 0 aliphatic rings. The fourth-order valence-electron chi connectivity index (χ4n) is 2.91. The predicted octanol–water partition coefficient (Wildman–Crippen LogP) is 3.48. The number of nitrogens with zero attached hydrogens (tertiary/aromatic N) is 1. The number of hydrogen-bond acceptors (Lipinski definition) is 2. The van der Waals surface area contributed by atoms with E-state index in [1.807, 2.05) is 12.1 Å². The molecule has 2 aromatic rings. The van der Waals surface area contributed by atoms with Crippen LogP contribution in [0.3, 0.4) is 0 Å². The van der Waals surface area contributed by atoms with E-state index in [-0.39, 0.29) is 24.2 Å². The van der Waals surface area contributed by atoms with E-state index in [1.54, 1.807) is 31.0 Å². The molecular weight excluding hydrogens is 343 g/mol. The van der Waals surface area contributed by atoms with Crippen LogP contribution in [0.5, 0.6) is 0 Å². The van der Waals surface area contributed by atoms with Gasteiger partial charge in [0.15, 0.2) is 0 Å². The van der Waals surface area contributed by atoms with E-state index in [0.717, 1.165) is 17.5 Å². The van der Waals surface area contributed by atoms with E-state index in [9.17, 15) is 14.0 Å². The van der Waals surface area contributed by atoms with Crippen molar-refractivity contribution in [3.63, 3.8) is 0 Å². The summed E-state index contributed by atoms with van der Waals surface area (Å²) in [5.41, 5.74) is 3.14. The fourth-order valence-corrected chi connectivity index (χ4v) is 2.91. The molecule has 0 saturated heterocycles. The second kappa shape index (κ2) is 9.86. The van der Waals surface area contributed by atoms with Gasteiger partial charge in [0, 0.05) is 20.0 Å². The maximum Gasteiger partial charge on any atom is 0.242 e. The van der Waals surface area contributed by atoms with Gasteiger partial charge in [-0.05, 0) is 48.6 Å². The van der Waals surface area contributed by atoms with Crippen LogP contribution in [0.2, 0.25) is 0 Å². The molecule has 0 aliphatic heterocycles. The molecule has 1 atom stereocenters. The first-order valence-electron chi connectivity index (χ1n) is 9.28. The molecule has 0 fully saturated rings. The SMILES string of the molecule is CCc1ccc(CCC(=O)N(Cc2ccc(F)cc2)[C@H](C)C(=O)NC)cc1. The Hall–Kier alpha value is -2.69. The number of carbonyl (C=O) groups is 2. The van der Waals surface area contributed by atoms with Gasteiger partial charge in [-0.1, -0.05) is 43.3 Å². The fraction of sp³-hybridized carbons (Fsp3) is 0.364. The number of aryl methyl sites for hydroxylation is 2. The average molecular weight is 370 g/mol. The zero-order valence-corrected chi connectivity index (χ0v) is 16.2. The molecule has 0 radical (unpaired) electrons. The number of carbonyl (C=O) groups excluding carboxylic acids is 2. The van der Waals surface area contributed by atoms with Gasteiger partial charge in [-0.3, -0.25) is 9.59 Å². The topological polar surface area (TPSA) is 49.4 Å². The highest BCUT2D eigenvalue weighted by atomic mass is 19.1. The van der Waals surface area contributed by atoms with Crippen molar-refractivity contribution < 1.29 is 14.0 Å². The third-order valence-corrected chi connectivity index (χ3v) is 4.74. The van der Waals surface area contributed by atoms with Gasteiger partial charge in [0.1, 0.15) is 11.9 Å². The Bertz CT molecular complexity index is 757. The van der Waals surface area contributed by atoms with Crippen molar-refractivity contribution in [2.24, 2.45) is 0 Å². The predicted molar refractivity (Wildman–Crippen MR) is 105 cm³/mol. The lowest BCUT2D eigenvalue weighted by atomic mass is 10.0. The van der Waals surface area contributed by atoms with Gasteiger partial charge in [-0.2, -0.15) is 0 Å². The molecule has 27 heavy (non-hydrogen) atoms. The molecule has 0 saturated carbocycles. The van der Waals surface area contributed by atoms with Crippen LogP contribution >= 0.6 is 0 Å². The summed E-state index contributed by atoms with van der Waals surface area (Å²) >= 11 is 0. The molecule has 2 rings (SSSR count). The molecule has 0 unspecified atom stereocenters. The Morgan fingerprint density at radius 3 is 2.11 bits per heavy atom. The van der Waals surface area contributed by atoms with Crippen LogP contribution in [-0.4, -0.2) is 29.8 Å². The number of nitrogens with one attached hydrogen (secondary N) is 1. The lowest BCUT2D eigenvalue weighted by molar-refractivity contribution is -0.140. The van der Waals surface area contributed by atoms with Gasteiger partial charge in [0.05, 0.1) is 0 Å². The maximum atomic E-state index is 13.1. The summed E-state index contributed by atoms with van der Waals surface area (Å²) in [6, 6.07) is 13.6. The van der Waals surface area contributed by atoms with Crippen molar-refractivity contribution in [2.75, 3.05) is 7.05 Å². The minimum Gasteiger partial charge on any atom is -0.357 e. The summed E-state index contributed by atoms with van der Waals surface area (Å²) in [5, 5.41) is 2.59. The Kier molecular flexibility index (Phi) is 7.53. The highest BCUT2D eigenvalue weighted by molar-refractivity contribution is 5.87. The van der Waals surface area contributed by atoms with Gasteiger partial charge in [0.25, 0.3) is 0 Å². The van der Waals surface area contributed by atoms with Crippen LogP contribution in [0.1, 0.15) is 37.0 Å². The molecule has 0 aliphatic carbocycles. The van der Waals surface area contributed by atoms with Crippen molar-refractivity contribution in [1.82, 2.24) is 10.2 Å². The van der Waals surface area contributed by atoms with Crippen molar-refractivity contribution >= 4 is 11.8 Å². The molecule has 2 aromatic carbocycles. The summed E-state index contributed by atoms with van der Waals surface area (Å²) in [6.45, 7) is 4.07. The van der Waals surface area contributed by atoms with Crippen LogP contribution in [0.4, 0.5) is 4.39 Å². The van der Waals surface area contributed by atoms with Crippen LogP contribution in [0.15, 0.2) is 48.5 Å². The number of benzene rings is 2. The van der Waals surface area contributed by atoms with E-state index in [2.05, 4.69) is 24.4 Å². The second-order valence-corrected chi connectivity index (χ2v) is 6.61. The van der Waals surface area contributed by atoms with E-state index in [0.29, 0.717) is 12.8 Å². The van der Waals surface area contributed by atoms with Crippen molar-refractivity contribution in [1.29, 1.82) is 0 Å². The average Bonchev–Trinajstić information content (AvgIpc) is 2.70. The number of hydrogen-bond donors (Lipinski definition) is 1. The van der Waals surface area contributed by atoms with E-state index in [1.165, 1.54) is 17.7 Å². The van der Waals surface area contributed by atoms with E-state index in [4.69, 9.17) is 0 Å². The van der Waals surface area contributed by atoms with E-state index < -0.39 is 6.04 Å². The van der Waals surface area contributed by atoms with Crippen LogP contribution in [-0.2, 0) is 29.0 Å². The lowest BCUT2D eigenvalue weighted by Gasteiger charge is -2.28. The molecule has 4 nitrogen and oxygen atoms in total. The van der Waals surface area contributed by atoms with Gasteiger partial charge >= 0.3 is 0 Å². The lowest BCUT2D eigenvalue weighted by Crippen LogP contribution is -2.46. The Labute approximate surface area is 160 Å². The normalized spacial score (nSPS) is 11.7. The van der Waals surface area contributed by atoms with Gasteiger partial charge < -0.3 is 10.2 Å². The zero-order valence-electron chi connectivity index (χ0n) is 16.2.